The van der Waals surface area contributed by atoms with E-state index in [0.29, 0.717) is 6.54 Å². The molecule has 7 nitrogen and oxygen atoms in total. The van der Waals surface area contributed by atoms with Gasteiger partial charge < -0.3 is 10.0 Å². The van der Waals surface area contributed by atoms with Gasteiger partial charge in [0, 0.05) is 23.6 Å². The average molecular weight is 298 g/mol. The zero-order chi connectivity index (χ0) is 14.8. The van der Waals surface area contributed by atoms with E-state index in [-0.39, 0.29) is 22.9 Å². The van der Waals surface area contributed by atoms with Crippen molar-refractivity contribution < 1.29 is 14.7 Å². The maximum absolute atomic E-state index is 12.2. The average Bonchev–Trinajstić information content (AvgIpc) is 2.74. The number of aromatic nitrogens is 3. The van der Waals surface area contributed by atoms with Gasteiger partial charge in [-0.25, -0.2) is 9.48 Å². The van der Waals surface area contributed by atoms with Crippen LogP contribution < -0.4 is 0 Å². The Balaban J connectivity index is 1.95. The molecule has 1 aromatic rings. The van der Waals surface area contributed by atoms with Crippen LogP contribution in [0.1, 0.15) is 30.8 Å². The van der Waals surface area contributed by atoms with Crippen molar-refractivity contribution >= 4 is 23.6 Å². The number of rotatable bonds is 3. The van der Waals surface area contributed by atoms with Crippen LogP contribution in [0.2, 0.25) is 0 Å². The van der Waals surface area contributed by atoms with E-state index in [1.54, 1.807) is 0 Å². The second kappa shape index (κ2) is 5.82. The van der Waals surface area contributed by atoms with Crippen LogP contribution in [0.15, 0.2) is 6.20 Å². The third-order valence-electron chi connectivity index (χ3n) is 3.25. The summed E-state index contributed by atoms with van der Waals surface area (Å²) in [6, 6.07) is 0. The molecule has 1 fully saturated rings. The maximum Gasteiger partial charge on any atom is 0.358 e. The minimum atomic E-state index is -1.14. The molecular weight excluding hydrogens is 280 g/mol. The molecule has 0 unspecified atom stereocenters. The number of carboxylic acids is 1. The maximum atomic E-state index is 12.2. The first-order valence-electron chi connectivity index (χ1n) is 6.42. The van der Waals surface area contributed by atoms with Crippen LogP contribution in [0.25, 0.3) is 0 Å². The summed E-state index contributed by atoms with van der Waals surface area (Å²) in [6.07, 6.45) is 2.22. The third-order valence-corrected chi connectivity index (χ3v) is 4.62. The van der Waals surface area contributed by atoms with Gasteiger partial charge in [0.25, 0.3) is 0 Å². The monoisotopic (exact) mass is 298 g/mol. The van der Waals surface area contributed by atoms with Crippen LogP contribution in [0, 0.1) is 0 Å². The molecular formula is C12H18N4O3S. The van der Waals surface area contributed by atoms with Gasteiger partial charge >= 0.3 is 5.97 Å². The Morgan fingerprint density at radius 1 is 1.45 bits per heavy atom. The van der Waals surface area contributed by atoms with Crippen molar-refractivity contribution in [3.05, 3.63) is 11.9 Å². The molecule has 1 N–H and O–H groups in total. The second-order valence-corrected chi connectivity index (χ2v) is 7.15. The number of carbonyl (C=O) groups is 2. The molecule has 1 amide bonds. The molecule has 8 heteroatoms. The Bertz CT molecular complexity index is 515. The fraction of sp³-hybridized carbons (Fsp3) is 0.667. The first kappa shape index (κ1) is 14.8. The number of aromatic carboxylic acids is 1. The minimum Gasteiger partial charge on any atom is -0.476 e. The highest BCUT2D eigenvalue weighted by Crippen LogP contribution is 2.30. The lowest BCUT2D eigenvalue weighted by atomic mass is 10.1. The van der Waals surface area contributed by atoms with E-state index < -0.39 is 5.97 Å². The summed E-state index contributed by atoms with van der Waals surface area (Å²) >= 11 is 1.87. The smallest absolute Gasteiger partial charge is 0.358 e. The molecule has 0 atom stereocenters. The Morgan fingerprint density at radius 2 is 2.20 bits per heavy atom. The molecule has 1 aromatic heterocycles. The topological polar surface area (TPSA) is 88.3 Å². The van der Waals surface area contributed by atoms with Crippen molar-refractivity contribution in [2.24, 2.45) is 0 Å². The number of hydrogen-bond acceptors (Lipinski definition) is 5. The van der Waals surface area contributed by atoms with Crippen molar-refractivity contribution in [3.63, 3.8) is 0 Å². The molecule has 0 spiro atoms. The molecule has 1 aliphatic heterocycles. The first-order valence-corrected chi connectivity index (χ1v) is 7.41. The fourth-order valence-electron chi connectivity index (χ4n) is 1.98. The van der Waals surface area contributed by atoms with Crippen molar-refractivity contribution in [2.75, 3.05) is 18.8 Å². The summed E-state index contributed by atoms with van der Waals surface area (Å²) in [5.74, 6) is -0.280. The summed E-state index contributed by atoms with van der Waals surface area (Å²) in [5.41, 5.74) is -0.148. The molecule has 1 saturated heterocycles. The van der Waals surface area contributed by atoms with Crippen LogP contribution >= 0.6 is 11.8 Å². The fourth-order valence-corrected chi connectivity index (χ4v) is 3.08. The van der Waals surface area contributed by atoms with Gasteiger partial charge in [0.15, 0.2) is 5.69 Å². The van der Waals surface area contributed by atoms with Crippen molar-refractivity contribution in [3.8, 4) is 0 Å². The summed E-state index contributed by atoms with van der Waals surface area (Å²) < 4.78 is 1.47. The van der Waals surface area contributed by atoms with Gasteiger partial charge in [0.1, 0.15) is 6.54 Å². The molecule has 0 saturated carbocycles. The SMILES string of the molecule is CC1(C)CCN(C(=O)Cn2cc(C(=O)O)nn2)CCS1. The molecule has 1 aliphatic rings. The summed E-state index contributed by atoms with van der Waals surface area (Å²) in [7, 11) is 0. The summed E-state index contributed by atoms with van der Waals surface area (Å²) in [5, 5.41) is 15.9. The largest absolute Gasteiger partial charge is 0.476 e. The minimum absolute atomic E-state index is 0.0331. The van der Waals surface area contributed by atoms with Crippen LogP contribution in [-0.4, -0.2) is 60.5 Å². The van der Waals surface area contributed by atoms with Crippen LogP contribution in [-0.2, 0) is 11.3 Å². The number of amides is 1. The number of thioether (sulfide) groups is 1. The lowest BCUT2D eigenvalue weighted by Gasteiger charge is -2.22. The van der Waals surface area contributed by atoms with Crippen LogP contribution in [0.4, 0.5) is 0 Å². The Hall–Kier alpha value is -1.57. The summed E-state index contributed by atoms with van der Waals surface area (Å²) in [6.45, 7) is 5.84. The molecule has 0 radical (unpaired) electrons. The van der Waals surface area contributed by atoms with E-state index in [0.717, 1.165) is 18.7 Å². The van der Waals surface area contributed by atoms with E-state index in [4.69, 9.17) is 5.11 Å². The highest BCUT2D eigenvalue weighted by molar-refractivity contribution is 8.00. The predicted octanol–water partition coefficient (Wildman–Crippen LogP) is 0.720. The van der Waals surface area contributed by atoms with Crippen LogP contribution in [0.5, 0.6) is 0 Å². The van der Waals surface area contributed by atoms with Gasteiger partial charge in [-0.3, -0.25) is 4.79 Å². The van der Waals surface area contributed by atoms with E-state index in [1.807, 2.05) is 16.7 Å². The van der Waals surface area contributed by atoms with Crippen molar-refractivity contribution in [2.45, 2.75) is 31.6 Å². The van der Waals surface area contributed by atoms with Gasteiger partial charge in [-0.05, 0) is 6.42 Å². The van der Waals surface area contributed by atoms with Gasteiger partial charge in [-0.15, -0.1) is 5.10 Å². The zero-order valence-corrected chi connectivity index (χ0v) is 12.4. The summed E-state index contributed by atoms with van der Waals surface area (Å²) in [4.78, 5) is 24.7. The molecule has 0 aliphatic carbocycles. The number of carboxylic acid groups (broad SMARTS) is 1. The zero-order valence-electron chi connectivity index (χ0n) is 11.6. The van der Waals surface area contributed by atoms with E-state index in [9.17, 15) is 9.59 Å². The highest BCUT2D eigenvalue weighted by atomic mass is 32.2. The molecule has 110 valence electrons. The molecule has 0 aromatic carbocycles. The third kappa shape index (κ3) is 3.72. The Morgan fingerprint density at radius 3 is 2.85 bits per heavy atom. The van der Waals surface area contributed by atoms with Crippen molar-refractivity contribution in [1.82, 2.24) is 19.9 Å². The quantitative estimate of drug-likeness (QED) is 0.884. The molecule has 20 heavy (non-hydrogen) atoms. The van der Waals surface area contributed by atoms with E-state index in [2.05, 4.69) is 24.2 Å². The Labute approximate surface area is 121 Å². The number of hydrogen-bond donors (Lipinski definition) is 1. The highest BCUT2D eigenvalue weighted by Gasteiger charge is 2.26. The van der Waals surface area contributed by atoms with Gasteiger partial charge in [-0.1, -0.05) is 19.1 Å². The molecule has 0 bridgehead atoms. The van der Waals surface area contributed by atoms with Crippen molar-refractivity contribution in [1.29, 1.82) is 0 Å². The standard InChI is InChI=1S/C12H18N4O3S/c1-12(2)3-4-15(5-6-20-12)10(17)8-16-7-9(11(18)19)13-14-16/h7H,3-6,8H2,1-2H3,(H,18,19). The van der Waals surface area contributed by atoms with E-state index in [1.165, 1.54) is 10.9 Å². The second-order valence-electron chi connectivity index (χ2n) is 5.35. The Kier molecular flexibility index (Phi) is 4.32. The van der Waals surface area contributed by atoms with Gasteiger partial charge in [-0.2, -0.15) is 11.8 Å². The number of carbonyl (C=O) groups excluding carboxylic acids is 1. The predicted molar refractivity (Wildman–Crippen MR) is 74.7 cm³/mol. The van der Waals surface area contributed by atoms with Crippen LogP contribution in [0.3, 0.4) is 0 Å². The normalized spacial score (nSPS) is 18.6. The lowest BCUT2D eigenvalue weighted by Crippen LogP contribution is -2.36. The van der Waals surface area contributed by atoms with Gasteiger partial charge in [0.05, 0.1) is 6.20 Å². The van der Waals surface area contributed by atoms with Gasteiger partial charge in [0.2, 0.25) is 5.91 Å². The number of nitrogens with zero attached hydrogens (tertiary/aromatic N) is 4. The molecule has 2 heterocycles. The first-order chi connectivity index (χ1) is 9.37. The lowest BCUT2D eigenvalue weighted by molar-refractivity contribution is -0.131. The van der Waals surface area contributed by atoms with E-state index >= 15 is 0 Å². The molecule has 2 rings (SSSR count).